The van der Waals surface area contributed by atoms with Crippen molar-refractivity contribution in [3.05, 3.63) is 0 Å². The van der Waals surface area contributed by atoms with Gasteiger partial charge in [0, 0.05) is 12.6 Å². The number of rotatable bonds is 3. The van der Waals surface area contributed by atoms with Gasteiger partial charge in [-0.1, -0.05) is 0 Å². The van der Waals surface area contributed by atoms with Crippen LogP contribution in [-0.2, 0) is 4.79 Å². The maximum absolute atomic E-state index is 11.5. The van der Waals surface area contributed by atoms with E-state index in [1.165, 1.54) is 0 Å². The molecule has 13 heavy (non-hydrogen) atoms. The van der Waals surface area contributed by atoms with Crippen LogP contribution >= 0.6 is 23.2 Å². The maximum atomic E-state index is 11.5. The van der Waals surface area contributed by atoms with Gasteiger partial charge in [0.05, 0.1) is 5.41 Å². The number of alkyl halides is 2. The summed E-state index contributed by atoms with van der Waals surface area (Å²) in [5.41, 5.74) is 4.86. The van der Waals surface area contributed by atoms with Gasteiger partial charge < -0.3 is 11.1 Å². The van der Waals surface area contributed by atoms with E-state index >= 15 is 0 Å². The smallest absolute Gasteiger partial charge is 0.229 e. The summed E-state index contributed by atoms with van der Waals surface area (Å²) < 4.78 is -0.894. The van der Waals surface area contributed by atoms with Crippen LogP contribution in [0.25, 0.3) is 0 Å². The summed E-state index contributed by atoms with van der Waals surface area (Å²) in [6.07, 6.45) is 0.508. The lowest BCUT2D eigenvalue weighted by molar-refractivity contribution is -0.125. The van der Waals surface area contributed by atoms with Crippen molar-refractivity contribution in [3.8, 4) is 0 Å². The summed E-state index contributed by atoms with van der Waals surface area (Å²) in [5, 5.41) is 2.71. The molecule has 3 N–H and O–H groups in total. The highest BCUT2D eigenvalue weighted by Crippen LogP contribution is 2.63. The molecule has 0 bridgehead atoms. The fraction of sp³-hybridized carbons (Fsp3) is 0.875. The van der Waals surface area contributed by atoms with Crippen LogP contribution in [0.15, 0.2) is 0 Å². The summed E-state index contributed by atoms with van der Waals surface area (Å²) in [4.78, 5) is 11.5. The Bertz CT molecular complexity index is 230. The van der Waals surface area contributed by atoms with Gasteiger partial charge in [-0.3, -0.25) is 4.79 Å². The molecule has 3 nitrogen and oxygen atoms in total. The number of carbonyl (C=O) groups excluding carboxylic acids is 1. The number of nitrogens with one attached hydrogen (secondary N) is 1. The lowest BCUT2D eigenvalue weighted by Crippen LogP contribution is -2.40. The minimum absolute atomic E-state index is 0.0497. The molecule has 0 radical (unpaired) electrons. The number of halogens is 2. The Hall–Kier alpha value is 0.01000. The third kappa shape index (κ3) is 2.09. The highest BCUT2D eigenvalue weighted by molar-refractivity contribution is 6.53. The maximum Gasteiger partial charge on any atom is 0.229 e. The first-order chi connectivity index (χ1) is 5.79. The standard InChI is InChI=1S/C8H14Cl2N2O/c1-5(11)3-12-6(13)7(2)4-8(7,9)10/h5H,3-4,11H2,1-2H3,(H,12,13). The third-order valence-electron chi connectivity index (χ3n) is 2.34. The summed E-state index contributed by atoms with van der Waals surface area (Å²) in [6.45, 7) is 4.03. The number of hydrogen-bond donors (Lipinski definition) is 2. The molecule has 0 spiro atoms. The molecule has 5 heteroatoms. The van der Waals surface area contributed by atoms with Crippen molar-refractivity contribution in [1.82, 2.24) is 5.32 Å². The molecule has 0 saturated heterocycles. The van der Waals surface area contributed by atoms with Crippen molar-refractivity contribution in [2.75, 3.05) is 6.54 Å². The van der Waals surface area contributed by atoms with Gasteiger partial charge in [-0.05, 0) is 20.3 Å². The minimum Gasteiger partial charge on any atom is -0.354 e. The molecule has 2 atom stereocenters. The van der Waals surface area contributed by atoms with Crippen LogP contribution in [0.5, 0.6) is 0 Å². The molecule has 0 aromatic rings. The van der Waals surface area contributed by atoms with Gasteiger partial charge in [-0.15, -0.1) is 23.2 Å². The van der Waals surface area contributed by atoms with Gasteiger partial charge in [0.2, 0.25) is 5.91 Å². The Morgan fingerprint density at radius 3 is 2.46 bits per heavy atom. The van der Waals surface area contributed by atoms with Crippen LogP contribution in [0.4, 0.5) is 0 Å². The predicted molar refractivity (Wildman–Crippen MR) is 53.8 cm³/mol. The summed E-state index contributed by atoms with van der Waals surface area (Å²) in [5.74, 6) is -0.116. The zero-order valence-electron chi connectivity index (χ0n) is 7.73. The number of nitrogens with two attached hydrogens (primary N) is 1. The Labute approximate surface area is 87.9 Å². The van der Waals surface area contributed by atoms with E-state index in [-0.39, 0.29) is 11.9 Å². The SMILES string of the molecule is CC(N)CNC(=O)C1(C)CC1(Cl)Cl. The van der Waals surface area contributed by atoms with Crippen LogP contribution in [-0.4, -0.2) is 22.8 Å². The quantitative estimate of drug-likeness (QED) is 0.705. The molecule has 1 amide bonds. The van der Waals surface area contributed by atoms with Gasteiger partial charge >= 0.3 is 0 Å². The fourth-order valence-electron chi connectivity index (χ4n) is 1.09. The molecule has 0 heterocycles. The van der Waals surface area contributed by atoms with Gasteiger partial charge in [0.25, 0.3) is 0 Å². The van der Waals surface area contributed by atoms with E-state index < -0.39 is 9.75 Å². The van der Waals surface area contributed by atoms with Crippen molar-refractivity contribution < 1.29 is 4.79 Å². The molecule has 76 valence electrons. The van der Waals surface area contributed by atoms with E-state index in [2.05, 4.69) is 5.32 Å². The van der Waals surface area contributed by atoms with E-state index in [1.54, 1.807) is 6.92 Å². The van der Waals surface area contributed by atoms with E-state index in [4.69, 9.17) is 28.9 Å². The minimum atomic E-state index is -0.894. The van der Waals surface area contributed by atoms with Crippen LogP contribution in [0, 0.1) is 5.41 Å². The van der Waals surface area contributed by atoms with Gasteiger partial charge in [0.15, 0.2) is 0 Å². The molecule has 0 aliphatic heterocycles. The largest absolute Gasteiger partial charge is 0.354 e. The first-order valence-corrected chi connectivity index (χ1v) is 4.97. The van der Waals surface area contributed by atoms with Gasteiger partial charge in [-0.25, -0.2) is 0 Å². The normalized spacial score (nSPS) is 32.4. The average molecular weight is 225 g/mol. The Kier molecular flexibility index (Phi) is 2.81. The first-order valence-electron chi connectivity index (χ1n) is 4.21. The monoisotopic (exact) mass is 224 g/mol. The molecular formula is C8H14Cl2N2O. The molecule has 1 rings (SSSR count). The average Bonchev–Trinajstić information content (AvgIpc) is 2.48. The molecule has 1 saturated carbocycles. The second-order valence-electron chi connectivity index (χ2n) is 3.90. The van der Waals surface area contributed by atoms with E-state index in [0.29, 0.717) is 13.0 Å². The van der Waals surface area contributed by atoms with Crippen molar-refractivity contribution in [1.29, 1.82) is 0 Å². The zero-order chi connectivity index (χ0) is 10.3. The molecule has 2 unspecified atom stereocenters. The van der Waals surface area contributed by atoms with E-state index in [1.807, 2.05) is 6.92 Å². The van der Waals surface area contributed by atoms with Crippen molar-refractivity contribution in [3.63, 3.8) is 0 Å². The Balaban J connectivity index is 2.42. The second kappa shape index (κ2) is 3.30. The molecule has 1 aliphatic rings. The third-order valence-corrected chi connectivity index (χ3v) is 3.45. The predicted octanol–water partition coefficient (Wildman–Crippen LogP) is 1.03. The summed E-state index contributed by atoms with van der Waals surface area (Å²) in [6, 6.07) is -0.0497. The Morgan fingerprint density at radius 1 is 1.69 bits per heavy atom. The first kappa shape index (κ1) is 11.1. The van der Waals surface area contributed by atoms with E-state index in [9.17, 15) is 4.79 Å². The van der Waals surface area contributed by atoms with Crippen LogP contribution in [0.3, 0.4) is 0 Å². The lowest BCUT2D eigenvalue weighted by atomic mass is 10.1. The number of amides is 1. The highest BCUT2D eigenvalue weighted by Gasteiger charge is 2.67. The molecule has 1 fully saturated rings. The Morgan fingerprint density at radius 2 is 2.15 bits per heavy atom. The summed E-state index contributed by atoms with van der Waals surface area (Å²) >= 11 is 11.7. The van der Waals surface area contributed by atoms with Crippen LogP contribution in [0.2, 0.25) is 0 Å². The van der Waals surface area contributed by atoms with Crippen molar-refractivity contribution >= 4 is 29.1 Å². The van der Waals surface area contributed by atoms with Gasteiger partial charge in [0.1, 0.15) is 4.33 Å². The van der Waals surface area contributed by atoms with Crippen molar-refractivity contribution in [2.24, 2.45) is 11.1 Å². The molecular weight excluding hydrogens is 211 g/mol. The molecule has 0 aromatic carbocycles. The van der Waals surface area contributed by atoms with Crippen LogP contribution < -0.4 is 11.1 Å². The van der Waals surface area contributed by atoms with Crippen LogP contribution in [0.1, 0.15) is 20.3 Å². The second-order valence-corrected chi connectivity index (χ2v) is 5.38. The fourth-order valence-corrected chi connectivity index (χ4v) is 1.80. The summed E-state index contributed by atoms with van der Waals surface area (Å²) in [7, 11) is 0. The number of hydrogen-bond acceptors (Lipinski definition) is 2. The van der Waals surface area contributed by atoms with Crippen molar-refractivity contribution in [2.45, 2.75) is 30.6 Å². The van der Waals surface area contributed by atoms with Gasteiger partial charge in [-0.2, -0.15) is 0 Å². The molecule has 1 aliphatic carbocycles. The zero-order valence-corrected chi connectivity index (χ0v) is 9.24. The lowest BCUT2D eigenvalue weighted by Gasteiger charge is -2.13. The number of carbonyl (C=O) groups is 1. The topological polar surface area (TPSA) is 55.1 Å². The molecule has 0 aromatic heterocycles. The van der Waals surface area contributed by atoms with E-state index in [0.717, 1.165) is 0 Å². The highest BCUT2D eigenvalue weighted by atomic mass is 35.5.